The summed E-state index contributed by atoms with van der Waals surface area (Å²) in [5, 5.41) is 9.98. The molecule has 650 valence electrons. The lowest BCUT2D eigenvalue weighted by molar-refractivity contribution is 0.00578. The van der Waals surface area contributed by atoms with Gasteiger partial charge in [-0.05, 0) is 214 Å². The second-order valence-corrected chi connectivity index (χ2v) is 35.5. The quantitative estimate of drug-likeness (QED) is 0.0695. The Morgan fingerprint density at radius 1 is 0.228 bits per heavy atom. The largest absolute Gasteiger partial charge is 0.494 e. The molecule has 0 saturated carbocycles. The maximum absolute atomic E-state index is 6.60. The number of fused-ring (bicyclic) bond motifs is 12. The molecule has 136 heavy (non-hydrogen) atoms. The molecule has 1 saturated heterocycles. The Morgan fingerprint density at radius 2 is 0.449 bits per heavy atom. The molecule has 0 radical (unpaired) electrons. The second kappa shape index (κ2) is 35.4. The van der Waals surface area contributed by atoms with Crippen LogP contribution in [0, 0.1) is 0 Å². The van der Waals surface area contributed by atoms with E-state index >= 15 is 0 Å². The summed E-state index contributed by atoms with van der Waals surface area (Å²) >= 11 is 6.40. The summed E-state index contributed by atoms with van der Waals surface area (Å²) in [5.41, 5.74) is 25.5. The number of ether oxygens (including phenoxy) is 2. The highest BCUT2D eigenvalue weighted by Gasteiger charge is 2.52. The van der Waals surface area contributed by atoms with Crippen molar-refractivity contribution in [3.8, 4) is 124 Å². The first kappa shape index (κ1) is 83.5. The summed E-state index contributed by atoms with van der Waals surface area (Å²) in [7, 11) is -0.486. The average Bonchev–Trinajstić information content (AvgIpc) is 1.59. The van der Waals surface area contributed by atoms with Gasteiger partial charge in [0.2, 0.25) is 5.28 Å². The van der Waals surface area contributed by atoms with E-state index in [1.807, 2.05) is 158 Å². The van der Waals surface area contributed by atoms with Crippen LogP contribution >= 0.6 is 11.6 Å². The summed E-state index contributed by atoms with van der Waals surface area (Å²) in [6.07, 6.45) is 0. The predicted molar refractivity (Wildman–Crippen MR) is 560 cm³/mol. The van der Waals surface area contributed by atoms with Gasteiger partial charge in [-0.3, -0.25) is 0 Å². The lowest BCUT2D eigenvalue weighted by Crippen LogP contribution is -2.41. The lowest BCUT2D eigenvalue weighted by atomic mass is 9.78. The van der Waals surface area contributed by atoms with Crippen molar-refractivity contribution in [2.45, 2.75) is 38.9 Å². The topological polar surface area (TPSA) is 108 Å². The molecule has 0 spiro atoms. The van der Waals surface area contributed by atoms with E-state index in [4.69, 9.17) is 40.4 Å². The molecule has 1 aliphatic heterocycles. The van der Waals surface area contributed by atoms with Gasteiger partial charge >= 0.3 is 7.12 Å². The van der Waals surface area contributed by atoms with Crippen molar-refractivity contribution >= 4 is 111 Å². The number of benzene rings is 18. The molecule has 6 aromatic heterocycles. The van der Waals surface area contributed by atoms with Crippen molar-refractivity contribution in [2.24, 2.45) is 0 Å². The molecule has 0 atom stereocenters. The number of rotatable bonds is 16. The van der Waals surface area contributed by atoms with E-state index < -0.39 is 18.3 Å². The molecule has 12 nitrogen and oxygen atoms in total. The molecule has 7 heterocycles. The SMILES string of the molecule is CC1(C)OB(c2cc(-n3c4ccccc4c4ccccc43)cc(-n3c4ccccc4c4ccccc43)c2)OC1(C)C.Clc1nc(-c2ccccc2)c(-c2ccccc2)c(-c2ccc(Oc3ccccc3)cc2)n1.c1ccc(Oc2ccc(-c3nc(-c4cc(-n5c6ccccc6c6ccccc65)cc(-n5c6ccccc6c6ccccc65)c4)nc(-c4ccccc4)c3-c3ccccc3)cc2)cc1. The van der Waals surface area contributed by atoms with Crippen LogP contribution in [-0.2, 0) is 9.31 Å². The van der Waals surface area contributed by atoms with Gasteiger partial charge in [0.05, 0.1) is 78.1 Å². The first-order valence-electron chi connectivity index (χ1n) is 45.8. The smallest absolute Gasteiger partial charge is 0.457 e. The molecule has 0 N–H and O–H groups in total. The summed E-state index contributed by atoms with van der Waals surface area (Å²) in [5.74, 6) is 3.70. The standard InChI is InChI=1S/C58H38N4O.C36H31BN2O2.C28H19ClN2O/c1-4-18-39(19-5-1)55-56(40-20-6-2-7-21-40)59-58(60-57(55)41-32-34-46(35-33-41)63-45-22-8-3-9-23-45)42-36-43(61-51-28-14-10-24-47(51)48-25-11-15-29-52(48)61)38-44(37-42)62-53-30-16-12-26-49(53)50-27-13-17-31-54(50)62;1-35(2)36(3,4)41-37(40-35)24-21-25(38-31-17-9-5-13-27(31)28-14-6-10-18-32(28)38)23-26(22-24)39-33-19-11-7-15-29(33)30-16-8-12-20-34(30)39;29-28-30-26(21-12-6-2-7-13-21)25(20-10-4-1-5-11-20)27(31-28)22-16-18-24(19-17-22)32-23-14-8-3-9-15-23/h1-38H;5-23H,1-4H3;1-19H. The number of aromatic nitrogens is 8. The van der Waals surface area contributed by atoms with Gasteiger partial charge in [0.15, 0.2) is 5.82 Å². The van der Waals surface area contributed by atoms with Crippen LogP contribution in [0.1, 0.15) is 27.7 Å². The Kier molecular flexibility index (Phi) is 21.7. The fourth-order valence-corrected chi connectivity index (χ4v) is 19.4. The molecule has 1 fully saturated rings. The van der Waals surface area contributed by atoms with E-state index in [-0.39, 0.29) is 5.28 Å². The van der Waals surface area contributed by atoms with Crippen LogP contribution in [0.3, 0.4) is 0 Å². The molecule has 18 aromatic carbocycles. The first-order valence-corrected chi connectivity index (χ1v) is 46.2. The third-order valence-corrected chi connectivity index (χ3v) is 26.4. The normalized spacial score (nSPS) is 12.8. The Balaban J connectivity index is 0.000000123. The second-order valence-electron chi connectivity index (χ2n) is 35.1. The van der Waals surface area contributed by atoms with Crippen molar-refractivity contribution in [3.05, 3.63) is 466 Å². The number of halogens is 1. The third-order valence-electron chi connectivity index (χ3n) is 26.2. The molecular weight excluding hydrogens is 1690 g/mol. The summed E-state index contributed by atoms with van der Waals surface area (Å²) < 4.78 is 34.9. The molecule has 0 aliphatic carbocycles. The van der Waals surface area contributed by atoms with E-state index in [0.717, 1.165) is 146 Å². The Labute approximate surface area is 792 Å². The fraction of sp³-hybridized carbons (Fsp3) is 0.0492. The lowest BCUT2D eigenvalue weighted by Gasteiger charge is -2.32. The molecule has 0 unspecified atom stereocenters. The Hall–Kier alpha value is -16.8. The summed E-state index contributed by atoms with van der Waals surface area (Å²) in [6, 6.07) is 160. The number of para-hydroxylation sites is 10. The summed E-state index contributed by atoms with van der Waals surface area (Å²) in [6.45, 7) is 8.44. The van der Waals surface area contributed by atoms with Crippen LogP contribution in [0.4, 0.5) is 0 Å². The minimum atomic E-state index is -0.486. The summed E-state index contributed by atoms with van der Waals surface area (Å²) in [4.78, 5) is 20.4. The number of hydrogen-bond acceptors (Lipinski definition) is 8. The van der Waals surface area contributed by atoms with Crippen LogP contribution in [0.25, 0.3) is 189 Å². The van der Waals surface area contributed by atoms with Crippen LogP contribution in [0.2, 0.25) is 5.28 Å². The molecule has 24 aromatic rings. The minimum absolute atomic E-state index is 0.211. The van der Waals surface area contributed by atoms with Crippen molar-refractivity contribution < 1.29 is 18.8 Å². The van der Waals surface area contributed by atoms with E-state index in [1.165, 1.54) is 65.2 Å². The zero-order valence-electron chi connectivity index (χ0n) is 75.0. The van der Waals surface area contributed by atoms with Gasteiger partial charge in [-0.1, -0.05) is 303 Å². The molecule has 14 heteroatoms. The maximum Gasteiger partial charge on any atom is 0.494 e. The highest BCUT2D eigenvalue weighted by molar-refractivity contribution is 6.62. The van der Waals surface area contributed by atoms with Crippen LogP contribution in [0.15, 0.2) is 461 Å². The predicted octanol–water partition coefficient (Wildman–Crippen LogP) is 31.2. The van der Waals surface area contributed by atoms with Gasteiger partial charge in [-0.15, -0.1) is 0 Å². The molecule has 25 rings (SSSR count). The van der Waals surface area contributed by atoms with Crippen molar-refractivity contribution in [1.29, 1.82) is 0 Å². The van der Waals surface area contributed by atoms with Crippen molar-refractivity contribution in [2.75, 3.05) is 0 Å². The van der Waals surface area contributed by atoms with Gasteiger partial charge < -0.3 is 37.1 Å². The third kappa shape index (κ3) is 15.6. The monoisotopic (exact) mass is 1770 g/mol. The van der Waals surface area contributed by atoms with Crippen molar-refractivity contribution in [3.63, 3.8) is 0 Å². The van der Waals surface area contributed by atoms with Gasteiger partial charge in [0.1, 0.15) is 23.0 Å². The Morgan fingerprint density at radius 3 is 0.728 bits per heavy atom. The average molecular weight is 1780 g/mol. The number of nitrogens with zero attached hydrogens (tertiary/aromatic N) is 8. The van der Waals surface area contributed by atoms with Gasteiger partial charge in [-0.2, -0.15) is 0 Å². The van der Waals surface area contributed by atoms with Crippen LogP contribution in [0.5, 0.6) is 23.0 Å². The minimum Gasteiger partial charge on any atom is -0.457 e. The van der Waals surface area contributed by atoms with E-state index in [0.29, 0.717) is 5.82 Å². The first-order chi connectivity index (χ1) is 66.8. The highest BCUT2D eigenvalue weighted by Crippen LogP contribution is 2.47. The molecular formula is C122H88BClN8O4. The van der Waals surface area contributed by atoms with Gasteiger partial charge in [0, 0.05) is 105 Å². The molecule has 1 aliphatic rings. The zero-order chi connectivity index (χ0) is 91.4. The van der Waals surface area contributed by atoms with E-state index in [1.54, 1.807) is 0 Å². The van der Waals surface area contributed by atoms with Gasteiger partial charge in [0.25, 0.3) is 0 Å². The zero-order valence-corrected chi connectivity index (χ0v) is 75.8. The highest BCUT2D eigenvalue weighted by atomic mass is 35.5. The van der Waals surface area contributed by atoms with E-state index in [2.05, 4.69) is 359 Å². The van der Waals surface area contributed by atoms with E-state index in [9.17, 15) is 0 Å². The van der Waals surface area contributed by atoms with Crippen LogP contribution < -0.4 is 14.9 Å². The maximum atomic E-state index is 6.60. The fourth-order valence-electron chi connectivity index (χ4n) is 19.2. The molecule has 0 bridgehead atoms. The Bertz CT molecular complexity index is 8110. The van der Waals surface area contributed by atoms with Gasteiger partial charge in [-0.25, -0.2) is 19.9 Å². The van der Waals surface area contributed by atoms with Crippen LogP contribution in [-0.4, -0.2) is 56.5 Å². The number of hydrogen-bond donors (Lipinski definition) is 0. The molecule has 0 amide bonds. The van der Waals surface area contributed by atoms with Crippen molar-refractivity contribution in [1.82, 2.24) is 38.2 Å².